The molecule has 6 heteroatoms. The third-order valence-corrected chi connectivity index (χ3v) is 4.77. The van der Waals surface area contributed by atoms with Gasteiger partial charge in [0.2, 0.25) is 0 Å². The topological polar surface area (TPSA) is 45.8 Å². The second kappa shape index (κ2) is 7.63. The van der Waals surface area contributed by atoms with Crippen LogP contribution in [-0.2, 0) is 6.18 Å². The molecular formula is C24H17F3N2O. The Balaban J connectivity index is 1.66. The predicted molar refractivity (Wildman–Crippen MR) is 112 cm³/mol. The molecule has 0 unspecified atom stereocenters. The monoisotopic (exact) mass is 406 g/mol. The van der Waals surface area contributed by atoms with Gasteiger partial charge in [-0.15, -0.1) is 0 Å². The highest BCUT2D eigenvalue weighted by molar-refractivity contribution is 6.01. The number of fused-ring (bicyclic) bond motifs is 1. The van der Waals surface area contributed by atoms with Gasteiger partial charge in [0.15, 0.2) is 5.78 Å². The highest BCUT2D eigenvalue weighted by Gasteiger charge is 2.30. The van der Waals surface area contributed by atoms with Gasteiger partial charge in [-0.25, -0.2) is 4.98 Å². The van der Waals surface area contributed by atoms with Crippen molar-refractivity contribution in [1.82, 2.24) is 9.97 Å². The summed E-state index contributed by atoms with van der Waals surface area (Å²) < 4.78 is 38.6. The van der Waals surface area contributed by atoms with Crippen molar-refractivity contribution in [3.8, 4) is 11.1 Å². The van der Waals surface area contributed by atoms with Crippen molar-refractivity contribution in [1.29, 1.82) is 0 Å². The predicted octanol–water partition coefficient (Wildman–Crippen LogP) is 6.62. The summed E-state index contributed by atoms with van der Waals surface area (Å²) in [5.74, 6) is 0.513. The first-order valence-corrected chi connectivity index (χ1v) is 9.27. The molecule has 0 atom stereocenters. The number of rotatable bonds is 4. The van der Waals surface area contributed by atoms with Crippen LogP contribution < -0.4 is 0 Å². The standard InChI is InChI=1S/C24H17F3N2O/c1-15(30)19-7-2-3-8-20(19)17-10-11-21-22(14-17)29-23(28-21)12-9-16-5-4-6-18(13-16)24(25,26)27/h2-14H,1H3,(H,28,29). The lowest BCUT2D eigenvalue weighted by atomic mass is 9.97. The molecule has 1 aromatic heterocycles. The Morgan fingerprint density at radius 3 is 2.53 bits per heavy atom. The number of hydrogen-bond acceptors (Lipinski definition) is 2. The van der Waals surface area contributed by atoms with Gasteiger partial charge in [-0.3, -0.25) is 4.79 Å². The average Bonchev–Trinajstić information content (AvgIpc) is 3.14. The van der Waals surface area contributed by atoms with Crippen LogP contribution in [0.25, 0.3) is 34.3 Å². The number of aromatic amines is 1. The minimum absolute atomic E-state index is 0.0139. The normalized spacial score (nSPS) is 12.0. The van der Waals surface area contributed by atoms with Crippen LogP contribution in [0.15, 0.2) is 66.7 Å². The number of carbonyl (C=O) groups excluding carboxylic acids is 1. The zero-order valence-corrected chi connectivity index (χ0v) is 16.0. The van der Waals surface area contributed by atoms with E-state index >= 15 is 0 Å². The van der Waals surface area contributed by atoms with Gasteiger partial charge < -0.3 is 4.98 Å². The number of nitrogens with zero attached hydrogens (tertiary/aromatic N) is 1. The number of H-pyrrole nitrogens is 1. The SMILES string of the molecule is CC(=O)c1ccccc1-c1ccc2nc(C=Cc3cccc(C(F)(F)F)c3)[nH]c2c1. The third kappa shape index (κ3) is 4.03. The van der Waals surface area contributed by atoms with Crippen molar-refractivity contribution in [2.24, 2.45) is 0 Å². The molecule has 30 heavy (non-hydrogen) atoms. The molecule has 0 aliphatic heterocycles. The summed E-state index contributed by atoms with van der Waals surface area (Å²) in [5, 5.41) is 0. The molecule has 3 nitrogen and oxygen atoms in total. The molecule has 0 aliphatic rings. The molecule has 0 spiro atoms. The van der Waals surface area contributed by atoms with E-state index < -0.39 is 11.7 Å². The lowest BCUT2D eigenvalue weighted by Gasteiger charge is -2.06. The van der Waals surface area contributed by atoms with E-state index in [-0.39, 0.29) is 5.78 Å². The van der Waals surface area contributed by atoms with Crippen LogP contribution in [0.3, 0.4) is 0 Å². The van der Waals surface area contributed by atoms with Crippen LogP contribution in [0.1, 0.15) is 34.2 Å². The van der Waals surface area contributed by atoms with Crippen molar-refractivity contribution in [2.75, 3.05) is 0 Å². The molecule has 0 amide bonds. The molecule has 4 rings (SSSR count). The third-order valence-electron chi connectivity index (χ3n) is 4.77. The Bertz CT molecular complexity index is 1270. The van der Waals surface area contributed by atoms with Gasteiger partial charge >= 0.3 is 6.18 Å². The Labute approximate surface area is 170 Å². The van der Waals surface area contributed by atoms with Gasteiger partial charge in [0.05, 0.1) is 16.6 Å². The number of halogens is 3. The fourth-order valence-corrected chi connectivity index (χ4v) is 3.31. The zero-order valence-electron chi connectivity index (χ0n) is 16.0. The molecule has 4 aromatic rings. The van der Waals surface area contributed by atoms with Crippen molar-refractivity contribution >= 4 is 29.0 Å². The number of Topliss-reactive ketones (excluding diaryl/α,β-unsaturated/α-hetero) is 1. The number of imidazole rings is 1. The van der Waals surface area contributed by atoms with E-state index in [0.717, 1.165) is 34.3 Å². The Morgan fingerprint density at radius 1 is 0.967 bits per heavy atom. The van der Waals surface area contributed by atoms with Crippen LogP contribution in [0.4, 0.5) is 13.2 Å². The van der Waals surface area contributed by atoms with Crippen LogP contribution >= 0.6 is 0 Å². The smallest absolute Gasteiger partial charge is 0.338 e. The zero-order chi connectivity index (χ0) is 21.3. The number of aromatic nitrogens is 2. The molecule has 0 saturated carbocycles. The van der Waals surface area contributed by atoms with Crippen LogP contribution in [0, 0.1) is 0 Å². The van der Waals surface area contributed by atoms with Crippen LogP contribution in [-0.4, -0.2) is 15.8 Å². The van der Waals surface area contributed by atoms with Crippen LogP contribution in [0.2, 0.25) is 0 Å². The van der Waals surface area contributed by atoms with E-state index in [9.17, 15) is 18.0 Å². The number of carbonyl (C=O) groups is 1. The summed E-state index contributed by atoms with van der Waals surface area (Å²) in [7, 11) is 0. The second-order valence-corrected chi connectivity index (χ2v) is 6.91. The Hall–Kier alpha value is -3.67. The molecule has 150 valence electrons. The summed E-state index contributed by atoms with van der Waals surface area (Å²) in [6, 6.07) is 18.1. The molecule has 0 fully saturated rings. The molecule has 0 radical (unpaired) electrons. The maximum atomic E-state index is 12.9. The summed E-state index contributed by atoms with van der Waals surface area (Å²) in [6.07, 6.45) is -1.16. The van der Waals surface area contributed by atoms with Crippen LogP contribution in [0.5, 0.6) is 0 Å². The summed E-state index contributed by atoms with van der Waals surface area (Å²) >= 11 is 0. The van der Waals surface area contributed by atoms with E-state index in [2.05, 4.69) is 9.97 Å². The number of alkyl halides is 3. The fraction of sp³-hybridized carbons (Fsp3) is 0.0833. The van der Waals surface area contributed by atoms with E-state index in [4.69, 9.17) is 0 Å². The molecule has 0 bridgehead atoms. The first kappa shape index (κ1) is 19.6. The Morgan fingerprint density at radius 2 is 1.77 bits per heavy atom. The summed E-state index contributed by atoms with van der Waals surface area (Å²) in [5.41, 5.74) is 3.59. The largest absolute Gasteiger partial charge is 0.416 e. The van der Waals surface area contributed by atoms with Gasteiger partial charge in [0.25, 0.3) is 0 Å². The molecule has 0 saturated heterocycles. The van der Waals surface area contributed by atoms with Gasteiger partial charge in [-0.2, -0.15) is 13.2 Å². The maximum absolute atomic E-state index is 12.9. The molecule has 0 aliphatic carbocycles. The van der Waals surface area contributed by atoms with Gasteiger partial charge in [0.1, 0.15) is 5.82 Å². The van der Waals surface area contributed by atoms with E-state index in [0.29, 0.717) is 17.0 Å². The van der Waals surface area contributed by atoms with Crippen molar-refractivity contribution in [2.45, 2.75) is 13.1 Å². The molecular weight excluding hydrogens is 389 g/mol. The maximum Gasteiger partial charge on any atom is 0.416 e. The van der Waals surface area contributed by atoms with Gasteiger partial charge in [-0.1, -0.05) is 48.5 Å². The van der Waals surface area contributed by atoms with Crippen molar-refractivity contribution < 1.29 is 18.0 Å². The van der Waals surface area contributed by atoms with E-state index in [1.54, 1.807) is 24.3 Å². The van der Waals surface area contributed by atoms with Gasteiger partial charge in [-0.05, 0) is 54.0 Å². The highest BCUT2D eigenvalue weighted by Crippen LogP contribution is 2.30. The second-order valence-electron chi connectivity index (χ2n) is 6.91. The minimum atomic E-state index is -4.38. The van der Waals surface area contributed by atoms with Crippen molar-refractivity contribution in [3.05, 3.63) is 89.2 Å². The number of hydrogen-bond donors (Lipinski definition) is 1. The first-order valence-electron chi connectivity index (χ1n) is 9.27. The lowest BCUT2D eigenvalue weighted by Crippen LogP contribution is -2.04. The molecule has 1 N–H and O–H groups in total. The number of nitrogens with one attached hydrogen (secondary N) is 1. The van der Waals surface area contributed by atoms with Gasteiger partial charge in [0, 0.05) is 5.56 Å². The summed E-state index contributed by atoms with van der Waals surface area (Å²) in [6.45, 7) is 1.53. The fourth-order valence-electron chi connectivity index (χ4n) is 3.31. The number of ketones is 1. The molecule has 1 heterocycles. The highest BCUT2D eigenvalue weighted by atomic mass is 19.4. The van der Waals surface area contributed by atoms with E-state index in [1.165, 1.54) is 13.0 Å². The summed E-state index contributed by atoms with van der Waals surface area (Å²) in [4.78, 5) is 19.5. The average molecular weight is 406 g/mol. The lowest BCUT2D eigenvalue weighted by molar-refractivity contribution is -0.137. The minimum Gasteiger partial charge on any atom is -0.338 e. The van der Waals surface area contributed by atoms with Crippen molar-refractivity contribution in [3.63, 3.8) is 0 Å². The quantitative estimate of drug-likeness (QED) is 0.387. The van der Waals surface area contributed by atoms with E-state index in [1.807, 2.05) is 36.4 Å². The first-order chi connectivity index (χ1) is 14.3. The molecule has 3 aromatic carbocycles. The Kier molecular flexibility index (Phi) is 4.99. The number of benzene rings is 3.